The van der Waals surface area contributed by atoms with Crippen LogP contribution in [0.5, 0.6) is 0 Å². The van der Waals surface area contributed by atoms with Crippen LogP contribution in [0.25, 0.3) is 0 Å². The molecule has 112 valence electrons. The molecule has 2 rings (SSSR count). The number of amides is 3. The van der Waals surface area contributed by atoms with Gasteiger partial charge in [0.2, 0.25) is 0 Å². The van der Waals surface area contributed by atoms with Gasteiger partial charge in [-0.05, 0) is 12.5 Å². The number of halogens is 1. The Morgan fingerprint density at radius 3 is 2.71 bits per heavy atom. The third-order valence-corrected chi connectivity index (χ3v) is 3.20. The molecule has 1 fully saturated rings. The van der Waals surface area contributed by atoms with Crippen LogP contribution in [-0.2, 0) is 4.79 Å². The first kappa shape index (κ1) is 15.0. The molecule has 0 radical (unpaired) electrons. The van der Waals surface area contributed by atoms with E-state index >= 15 is 0 Å². The van der Waals surface area contributed by atoms with Crippen molar-refractivity contribution in [3.8, 4) is 0 Å². The molecule has 3 amide bonds. The second-order valence-electron chi connectivity index (χ2n) is 4.36. The van der Waals surface area contributed by atoms with E-state index in [1.165, 1.54) is 34.3 Å². The first-order valence-corrected chi connectivity index (χ1v) is 6.75. The summed E-state index contributed by atoms with van der Waals surface area (Å²) >= 11 is 5.49. The van der Waals surface area contributed by atoms with Crippen molar-refractivity contribution in [1.82, 2.24) is 10.0 Å². The van der Waals surface area contributed by atoms with Crippen molar-refractivity contribution in [3.63, 3.8) is 0 Å². The number of hydrogen-bond donors (Lipinski definition) is 1. The fraction of sp³-hybridized carbons (Fsp3) is 0.333. The number of benzene rings is 1. The minimum Gasteiger partial charge on any atom is -0.306 e. The second-order valence-corrected chi connectivity index (χ2v) is 4.63. The Labute approximate surface area is 125 Å². The molecule has 1 aromatic rings. The maximum atomic E-state index is 12.1. The molecule has 0 aliphatic carbocycles. The number of rotatable bonds is 3. The Kier molecular flexibility index (Phi) is 4.59. The number of anilines is 1. The molecule has 0 aromatic heterocycles. The molecule has 21 heavy (non-hydrogen) atoms. The Balaban J connectivity index is 2.09. The number of nitro groups is 1. The molecule has 1 N–H and O–H groups in total. The summed E-state index contributed by atoms with van der Waals surface area (Å²) in [6.07, 6.45) is 0.658. The van der Waals surface area contributed by atoms with Crippen LogP contribution in [0.4, 0.5) is 16.2 Å². The average molecular weight is 313 g/mol. The number of non-ortho nitro benzene ring substituents is 1. The zero-order valence-corrected chi connectivity index (χ0v) is 11.7. The van der Waals surface area contributed by atoms with Crippen molar-refractivity contribution in [2.45, 2.75) is 6.42 Å². The van der Waals surface area contributed by atoms with Gasteiger partial charge >= 0.3 is 6.03 Å². The van der Waals surface area contributed by atoms with Crippen molar-refractivity contribution in [2.24, 2.45) is 0 Å². The highest BCUT2D eigenvalue weighted by Crippen LogP contribution is 2.19. The summed E-state index contributed by atoms with van der Waals surface area (Å²) in [5.41, 5.74) is 0.169. The lowest BCUT2D eigenvalue weighted by Gasteiger charge is -2.27. The molecule has 1 heterocycles. The molecule has 0 spiro atoms. The lowest BCUT2D eigenvalue weighted by molar-refractivity contribution is -0.384. The third kappa shape index (κ3) is 3.40. The quantitative estimate of drug-likeness (QED) is 0.523. The predicted molar refractivity (Wildman–Crippen MR) is 75.9 cm³/mol. The molecular weight excluding hydrogens is 300 g/mol. The minimum absolute atomic E-state index is 0.122. The molecule has 8 nitrogen and oxygen atoms in total. The SMILES string of the molecule is O=C(CCl)N1CCCN1C(=O)Nc1cccc([N+](=O)[O-])c1. The number of hydrazine groups is 1. The van der Waals surface area contributed by atoms with E-state index in [-0.39, 0.29) is 17.5 Å². The largest absolute Gasteiger partial charge is 0.340 e. The summed E-state index contributed by atoms with van der Waals surface area (Å²) < 4.78 is 0. The molecule has 0 unspecified atom stereocenters. The van der Waals surface area contributed by atoms with Gasteiger partial charge in [0.25, 0.3) is 11.6 Å². The van der Waals surface area contributed by atoms with Crippen LogP contribution >= 0.6 is 11.6 Å². The summed E-state index contributed by atoms with van der Waals surface area (Å²) in [6, 6.07) is 5.07. The van der Waals surface area contributed by atoms with Gasteiger partial charge in [0, 0.05) is 30.9 Å². The number of nitro benzene ring substituents is 1. The van der Waals surface area contributed by atoms with Gasteiger partial charge in [-0.2, -0.15) is 0 Å². The van der Waals surface area contributed by atoms with Gasteiger partial charge in [-0.25, -0.2) is 14.8 Å². The molecule has 9 heteroatoms. The van der Waals surface area contributed by atoms with Crippen LogP contribution in [0.2, 0.25) is 0 Å². The summed E-state index contributed by atoms with van der Waals surface area (Å²) in [6.45, 7) is 0.817. The minimum atomic E-state index is -0.547. The van der Waals surface area contributed by atoms with Crippen LogP contribution in [0.1, 0.15) is 6.42 Å². The number of nitrogens with one attached hydrogen (secondary N) is 1. The van der Waals surface area contributed by atoms with Crippen LogP contribution in [-0.4, -0.2) is 45.8 Å². The Morgan fingerprint density at radius 1 is 1.33 bits per heavy atom. The van der Waals surface area contributed by atoms with E-state index in [1.807, 2.05) is 0 Å². The van der Waals surface area contributed by atoms with Crippen molar-refractivity contribution in [2.75, 3.05) is 24.3 Å². The maximum absolute atomic E-state index is 12.1. The summed E-state index contributed by atoms with van der Waals surface area (Å²) in [5, 5.41) is 15.8. The summed E-state index contributed by atoms with van der Waals surface area (Å²) in [7, 11) is 0. The number of alkyl halides is 1. The Bertz CT molecular complexity index is 580. The number of urea groups is 1. The van der Waals surface area contributed by atoms with E-state index in [0.29, 0.717) is 25.2 Å². The van der Waals surface area contributed by atoms with Crippen molar-refractivity contribution in [1.29, 1.82) is 0 Å². The molecule has 0 saturated carbocycles. The molecule has 0 bridgehead atoms. The lowest BCUT2D eigenvalue weighted by Crippen LogP contribution is -2.47. The zero-order valence-electron chi connectivity index (χ0n) is 11.0. The molecule has 0 atom stereocenters. The Morgan fingerprint density at radius 2 is 2.05 bits per heavy atom. The third-order valence-electron chi connectivity index (χ3n) is 2.98. The van der Waals surface area contributed by atoms with Crippen molar-refractivity contribution < 1.29 is 14.5 Å². The highest BCUT2D eigenvalue weighted by molar-refractivity contribution is 6.27. The van der Waals surface area contributed by atoms with Crippen molar-refractivity contribution >= 4 is 34.9 Å². The van der Waals surface area contributed by atoms with E-state index < -0.39 is 11.0 Å². The molecule has 1 aliphatic heterocycles. The van der Waals surface area contributed by atoms with Gasteiger partial charge in [0.1, 0.15) is 5.88 Å². The maximum Gasteiger partial charge on any atom is 0.340 e. The smallest absolute Gasteiger partial charge is 0.306 e. The topological polar surface area (TPSA) is 95.8 Å². The number of carbonyl (C=O) groups is 2. The van der Waals surface area contributed by atoms with E-state index in [1.54, 1.807) is 0 Å². The number of hydrogen-bond acceptors (Lipinski definition) is 4. The van der Waals surface area contributed by atoms with Crippen LogP contribution in [0.15, 0.2) is 24.3 Å². The molecular formula is C12H13ClN4O4. The zero-order chi connectivity index (χ0) is 15.4. The first-order chi connectivity index (χ1) is 10.0. The van der Waals surface area contributed by atoms with E-state index in [2.05, 4.69) is 5.32 Å². The second kappa shape index (κ2) is 6.40. The van der Waals surface area contributed by atoms with Crippen molar-refractivity contribution in [3.05, 3.63) is 34.4 Å². The van der Waals surface area contributed by atoms with Crippen LogP contribution in [0.3, 0.4) is 0 Å². The fourth-order valence-electron chi connectivity index (χ4n) is 2.04. The van der Waals surface area contributed by atoms with Crippen LogP contribution in [0, 0.1) is 10.1 Å². The molecule has 1 aliphatic rings. The van der Waals surface area contributed by atoms with Crippen LogP contribution < -0.4 is 5.32 Å². The highest BCUT2D eigenvalue weighted by atomic mass is 35.5. The van der Waals surface area contributed by atoms with Gasteiger partial charge in [0.15, 0.2) is 0 Å². The molecule has 1 saturated heterocycles. The van der Waals surface area contributed by atoms with Gasteiger partial charge < -0.3 is 5.32 Å². The van der Waals surface area contributed by atoms with E-state index in [9.17, 15) is 19.7 Å². The van der Waals surface area contributed by atoms with Gasteiger partial charge in [-0.1, -0.05) is 6.07 Å². The Hall–Kier alpha value is -2.35. The van der Waals surface area contributed by atoms with Gasteiger partial charge in [-0.3, -0.25) is 14.9 Å². The summed E-state index contributed by atoms with van der Waals surface area (Å²) in [5.74, 6) is -0.566. The average Bonchev–Trinajstić information content (AvgIpc) is 2.96. The standard InChI is InChI=1S/C12H13ClN4O4/c13-8-11(18)15-5-2-6-16(15)12(19)14-9-3-1-4-10(7-9)17(20)21/h1,3-4,7H,2,5-6,8H2,(H,14,19). The van der Waals surface area contributed by atoms with Gasteiger partial charge in [0.05, 0.1) is 4.92 Å². The first-order valence-electron chi connectivity index (χ1n) is 6.22. The number of nitrogens with zero attached hydrogens (tertiary/aromatic N) is 3. The van der Waals surface area contributed by atoms with E-state index in [0.717, 1.165) is 0 Å². The summed E-state index contributed by atoms with van der Waals surface area (Å²) in [4.78, 5) is 33.9. The lowest BCUT2D eigenvalue weighted by atomic mass is 10.3. The fourth-order valence-corrected chi connectivity index (χ4v) is 2.17. The molecule has 1 aromatic carbocycles. The van der Waals surface area contributed by atoms with E-state index in [4.69, 9.17) is 11.6 Å². The number of carbonyl (C=O) groups excluding carboxylic acids is 2. The normalized spacial score (nSPS) is 14.1. The predicted octanol–water partition coefficient (Wildman–Crippen LogP) is 1.81. The monoisotopic (exact) mass is 312 g/mol. The van der Waals surface area contributed by atoms with Gasteiger partial charge in [-0.15, -0.1) is 11.6 Å². The highest BCUT2D eigenvalue weighted by Gasteiger charge is 2.30.